The van der Waals surface area contributed by atoms with Crippen molar-refractivity contribution in [3.8, 4) is 5.75 Å². The minimum Gasteiger partial charge on any atom is -0.495 e. The zero-order valence-corrected chi connectivity index (χ0v) is 19.2. The number of sulfone groups is 1. The molecule has 1 heterocycles. The Kier molecular flexibility index (Phi) is 8.00. The number of alkyl halides is 3. The van der Waals surface area contributed by atoms with Gasteiger partial charge in [0.25, 0.3) is 5.91 Å². The van der Waals surface area contributed by atoms with Crippen LogP contribution in [0.4, 0.5) is 5.69 Å². The van der Waals surface area contributed by atoms with E-state index in [1.165, 1.54) is 43.7 Å². The second-order valence-electron chi connectivity index (χ2n) is 5.60. The minimum atomic E-state index is -3.65. The van der Waals surface area contributed by atoms with Crippen molar-refractivity contribution in [2.75, 3.05) is 12.4 Å². The van der Waals surface area contributed by atoms with E-state index in [4.69, 9.17) is 56.2 Å². The van der Waals surface area contributed by atoms with Gasteiger partial charge >= 0.3 is 0 Å². The average molecular weight is 513 g/mol. The van der Waals surface area contributed by atoms with Gasteiger partial charge in [-0.3, -0.25) is 4.79 Å². The van der Waals surface area contributed by atoms with Crippen LogP contribution in [0.25, 0.3) is 0 Å². The molecule has 0 fully saturated rings. The van der Waals surface area contributed by atoms with Crippen molar-refractivity contribution in [1.82, 2.24) is 10.6 Å². The van der Waals surface area contributed by atoms with Gasteiger partial charge in [-0.15, -0.1) is 0 Å². The second-order valence-corrected chi connectivity index (χ2v) is 10.3. The molecule has 8 nitrogen and oxygen atoms in total. The SMILES string of the molecule is C=CS(=O)(=O)c1ccc(NC(=S)N[C@@H](NC(=O)c2ccco2)C(Cl)(Cl)Cl)c(OC)c1. The van der Waals surface area contributed by atoms with Gasteiger partial charge in [-0.25, -0.2) is 8.42 Å². The summed E-state index contributed by atoms with van der Waals surface area (Å²) < 4.78 is 32.1. The molecule has 0 aliphatic heterocycles. The molecule has 2 rings (SSSR count). The Bertz CT molecular complexity index is 1040. The molecule has 1 amide bonds. The topological polar surface area (TPSA) is 110 Å². The Morgan fingerprint density at radius 2 is 2.00 bits per heavy atom. The maximum Gasteiger partial charge on any atom is 0.288 e. The Morgan fingerprint density at radius 1 is 1.30 bits per heavy atom. The van der Waals surface area contributed by atoms with Crippen LogP contribution in [-0.2, 0) is 9.84 Å². The van der Waals surface area contributed by atoms with E-state index in [0.29, 0.717) is 5.69 Å². The number of rotatable bonds is 7. The standard InChI is InChI=1S/C17H16Cl3N3O5S2/c1-3-30(25,26)10-6-7-11(13(9-10)27-2)21-16(29)23-15(17(18,19)20)22-14(24)12-5-4-8-28-12/h3-9,15H,1H2,2H3,(H,22,24)(H2,21,23,29)/t15-/m1/s1. The number of methoxy groups -OCH3 is 1. The second kappa shape index (κ2) is 9.88. The van der Waals surface area contributed by atoms with Gasteiger partial charge in [-0.2, -0.15) is 0 Å². The van der Waals surface area contributed by atoms with Gasteiger partial charge in [0.15, 0.2) is 20.7 Å². The molecule has 3 N–H and O–H groups in total. The van der Waals surface area contributed by atoms with Crippen LogP contribution in [0.3, 0.4) is 0 Å². The zero-order valence-electron chi connectivity index (χ0n) is 15.3. The molecular weight excluding hydrogens is 497 g/mol. The molecule has 1 atom stereocenters. The van der Waals surface area contributed by atoms with Crippen LogP contribution >= 0.6 is 47.0 Å². The number of carbonyl (C=O) groups is 1. The molecule has 13 heteroatoms. The normalized spacial score (nSPS) is 12.5. The highest BCUT2D eigenvalue weighted by Gasteiger charge is 2.35. The summed E-state index contributed by atoms with van der Waals surface area (Å²) in [6.07, 6.45) is 0.0907. The lowest BCUT2D eigenvalue weighted by atomic mass is 10.3. The van der Waals surface area contributed by atoms with Crippen molar-refractivity contribution in [2.45, 2.75) is 14.9 Å². The fourth-order valence-corrected chi connectivity index (χ4v) is 3.42. The number of nitrogens with one attached hydrogen (secondary N) is 3. The summed E-state index contributed by atoms with van der Waals surface area (Å²) in [5.74, 6) is -0.439. The van der Waals surface area contributed by atoms with Crippen LogP contribution in [0.5, 0.6) is 5.75 Å². The highest BCUT2D eigenvalue weighted by molar-refractivity contribution is 7.94. The lowest BCUT2D eigenvalue weighted by Crippen LogP contribution is -2.56. The summed E-state index contributed by atoms with van der Waals surface area (Å²) in [6, 6.07) is 7.05. The maximum absolute atomic E-state index is 12.2. The smallest absolute Gasteiger partial charge is 0.288 e. The average Bonchev–Trinajstić information content (AvgIpc) is 3.21. The van der Waals surface area contributed by atoms with Crippen LogP contribution in [0, 0.1) is 0 Å². The first kappa shape index (κ1) is 24.3. The number of halogens is 3. The van der Waals surface area contributed by atoms with E-state index in [1.54, 1.807) is 0 Å². The number of thiocarbonyl (C=S) groups is 1. The van der Waals surface area contributed by atoms with Crippen LogP contribution in [-0.4, -0.2) is 36.5 Å². The number of hydrogen-bond donors (Lipinski definition) is 3. The molecule has 0 saturated heterocycles. The first-order valence-corrected chi connectivity index (χ1v) is 11.1. The number of ether oxygens (including phenoxy) is 1. The van der Waals surface area contributed by atoms with Gasteiger partial charge in [-0.05, 0) is 36.5 Å². The van der Waals surface area contributed by atoms with E-state index in [9.17, 15) is 13.2 Å². The Hall–Kier alpha value is -1.98. The summed E-state index contributed by atoms with van der Waals surface area (Å²) in [7, 11) is -2.29. The number of anilines is 1. The molecule has 0 saturated carbocycles. The highest BCUT2D eigenvalue weighted by atomic mass is 35.6. The Labute approximate surface area is 193 Å². The van der Waals surface area contributed by atoms with E-state index >= 15 is 0 Å². The fraction of sp³-hybridized carbons (Fsp3) is 0.176. The van der Waals surface area contributed by atoms with Crippen LogP contribution in [0.2, 0.25) is 0 Å². The Balaban J connectivity index is 2.17. The third-order valence-corrected chi connectivity index (χ3v) is 5.82. The number of hydrogen-bond acceptors (Lipinski definition) is 6. The fourth-order valence-electron chi connectivity index (χ4n) is 2.15. The molecule has 0 bridgehead atoms. The largest absolute Gasteiger partial charge is 0.495 e. The lowest BCUT2D eigenvalue weighted by Gasteiger charge is -2.27. The predicted molar refractivity (Wildman–Crippen MR) is 120 cm³/mol. The summed E-state index contributed by atoms with van der Waals surface area (Å²) in [5.41, 5.74) is 0.332. The van der Waals surface area contributed by atoms with Crippen LogP contribution < -0.4 is 20.7 Å². The monoisotopic (exact) mass is 511 g/mol. The summed E-state index contributed by atoms with van der Waals surface area (Å²) in [6.45, 7) is 3.28. The number of carbonyl (C=O) groups excluding carboxylic acids is 1. The Morgan fingerprint density at radius 3 is 2.53 bits per heavy atom. The van der Waals surface area contributed by atoms with E-state index in [-0.39, 0.29) is 21.5 Å². The molecule has 1 aromatic heterocycles. The maximum atomic E-state index is 12.2. The number of furan rings is 1. The third-order valence-electron chi connectivity index (χ3n) is 3.59. The summed E-state index contributed by atoms with van der Waals surface area (Å²) in [5, 5.41) is 8.70. The molecule has 0 spiro atoms. The first-order chi connectivity index (χ1) is 14.0. The molecule has 0 radical (unpaired) electrons. The molecule has 0 aliphatic carbocycles. The number of benzene rings is 1. The van der Waals surface area contributed by atoms with Crippen molar-refractivity contribution in [3.05, 3.63) is 54.3 Å². The van der Waals surface area contributed by atoms with Gasteiger partial charge < -0.3 is 25.1 Å². The molecule has 1 aromatic carbocycles. The van der Waals surface area contributed by atoms with Crippen molar-refractivity contribution >= 4 is 73.6 Å². The van der Waals surface area contributed by atoms with Gasteiger partial charge in [0.05, 0.1) is 24.0 Å². The van der Waals surface area contributed by atoms with Gasteiger partial charge in [0.2, 0.25) is 3.79 Å². The lowest BCUT2D eigenvalue weighted by molar-refractivity contribution is 0.0906. The minimum absolute atomic E-state index is 0.00983. The zero-order chi connectivity index (χ0) is 22.5. The summed E-state index contributed by atoms with van der Waals surface area (Å²) >= 11 is 23.0. The first-order valence-electron chi connectivity index (χ1n) is 8.02. The van der Waals surface area contributed by atoms with Gasteiger partial charge in [-0.1, -0.05) is 41.4 Å². The molecule has 162 valence electrons. The number of amides is 1. The molecule has 0 aliphatic rings. The van der Waals surface area contributed by atoms with E-state index < -0.39 is 25.7 Å². The van der Waals surface area contributed by atoms with E-state index in [2.05, 4.69) is 22.5 Å². The van der Waals surface area contributed by atoms with Crippen molar-refractivity contribution in [3.63, 3.8) is 0 Å². The van der Waals surface area contributed by atoms with Crippen molar-refractivity contribution in [2.24, 2.45) is 0 Å². The molecule has 2 aromatic rings. The van der Waals surface area contributed by atoms with Gasteiger partial charge in [0.1, 0.15) is 11.9 Å². The van der Waals surface area contributed by atoms with Crippen molar-refractivity contribution in [1.29, 1.82) is 0 Å². The third kappa shape index (κ3) is 6.26. The highest BCUT2D eigenvalue weighted by Crippen LogP contribution is 2.30. The van der Waals surface area contributed by atoms with Crippen molar-refractivity contribution < 1.29 is 22.4 Å². The summed E-state index contributed by atoms with van der Waals surface area (Å²) in [4.78, 5) is 12.2. The molecule has 0 unspecified atom stereocenters. The van der Waals surface area contributed by atoms with E-state index in [0.717, 1.165) is 5.41 Å². The predicted octanol–water partition coefficient (Wildman–Crippen LogP) is 3.62. The van der Waals surface area contributed by atoms with E-state index in [1.807, 2.05) is 0 Å². The molecule has 30 heavy (non-hydrogen) atoms. The van der Waals surface area contributed by atoms with Crippen LogP contribution in [0.15, 0.2) is 57.9 Å². The quantitative estimate of drug-likeness (QED) is 0.293. The van der Waals surface area contributed by atoms with Crippen LogP contribution in [0.1, 0.15) is 10.6 Å². The molecular formula is C17H16Cl3N3O5S2. The van der Waals surface area contributed by atoms with Gasteiger partial charge in [0, 0.05) is 11.5 Å².